The molecule has 64 valence electrons. The van der Waals surface area contributed by atoms with E-state index in [-0.39, 0.29) is 24.9 Å². The third kappa shape index (κ3) is 5.54. The molecule has 0 fully saturated rings. The van der Waals surface area contributed by atoms with Crippen molar-refractivity contribution in [2.75, 3.05) is 13.2 Å². The van der Waals surface area contributed by atoms with Gasteiger partial charge < -0.3 is 10.5 Å². The summed E-state index contributed by atoms with van der Waals surface area (Å²) in [4.78, 5) is 21.0. The molecule has 0 radical (unpaired) electrons. The number of ketones is 1. The van der Waals surface area contributed by atoms with Crippen molar-refractivity contribution in [1.82, 2.24) is 0 Å². The number of hydrogen-bond donors (Lipinski definition) is 1. The first-order chi connectivity index (χ1) is 5.04. The molecule has 0 aliphatic carbocycles. The first-order valence-corrected chi connectivity index (χ1v) is 3.42. The van der Waals surface area contributed by atoms with E-state index in [0.717, 1.165) is 0 Å². The maximum atomic E-state index is 10.8. The summed E-state index contributed by atoms with van der Waals surface area (Å²) in [6.07, 6.45) is 0. The maximum Gasteiger partial charge on any atom is 0.243 e. The van der Waals surface area contributed by atoms with Gasteiger partial charge in [0, 0.05) is 5.92 Å². The zero-order valence-electron chi connectivity index (χ0n) is 6.79. The molecular formula is C7H13NO3. The highest BCUT2D eigenvalue weighted by molar-refractivity contribution is 5.82. The lowest BCUT2D eigenvalue weighted by Gasteiger charge is -2.02. The van der Waals surface area contributed by atoms with E-state index in [1.54, 1.807) is 13.8 Å². The lowest BCUT2D eigenvalue weighted by atomic mass is 10.1. The van der Waals surface area contributed by atoms with E-state index >= 15 is 0 Å². The molecule has 2 N–H and O–H groups in total. The third-order valence-corrected chi connectivity index (χ3v) is 1.13. The molecule has 0 aromatic heterocycles. The summed E-state index contributed by atoms with van der Waals surface area (Å²) >= 11 is 0. The topological polar surface area (TPSA) is 69.4 Å². The molecule has 0 rings (SSSR count). The van der Waals surface area contributed by atoms with E-state index in [1.807, 2.05) is 0 Å². The fraction of sp³-hybridized carbons (Fsp3) is 0.714. The van der Waals surface area contributed by atoms with Crippen LogP contribution in [0.1, 0.15) is 13.8 Å². The van der Waals surface area contributed by atoms with Gasteiger partial charge in [-0.25, -0.2) is 0 Å². The highest BCUT2D eigenvalue weighted by Crippen LogP contribution is 1.93. The molecule has 1 amide bonds. The Balaban J connectivity index is 3.39. The minimum atomic E-state index is -0.554. The molecular weight excluding hydrogens is 146 g/mol. The van der Waals surface area contributed by atoms with Crippen molar-refractivity contribution >= 4 is 11.7 Å². The van der Waals surface area contributed by atoms with Crippen LogP contribution in [0.15, 0.2) is 0 Å². The van der Waals surface area contributed by atoms with E-state index in [0.29, 0.717) is 0 Å². The number of carbonyl (C=O) groups is 2. The smallest absolute Gasteiger partial charge is 0.243 e. The monoisotopic (exact) mass is 159 g/mol. The van der Waals surface area contributed by atoms with Gasteiger partial charge in [-0.1, -0.05) is 13.8 Å². The Labute approximate surface area is 65.7 Å². The summed E-state index contributed by atoms with van der Waals surface area (Å²) in [6, 6.07) is 0. The van der Waals surface area contributed by atoms with Crippen LogP contribution >= 0.6 is 0 Å². The van der Waals surface area contributed by atoms with Crippen molar-refractivity contribution in [1.29, 1.82) is 0 Å². The second-order valence-electron chi connectivity index (χ2n) is 2.58. The van der Waals surface area contributed by atoms with Gasteiger partial charge in [-0.05, 0) is 0 Å². The number of ether oxygens (including phenoxy) is 1. The molecule has 0 aliphatic rings. The number of primary amides is 1. The SMILES string of the molecule is CC(C)C(=O)COCC(N)=O. The van der Waals surface area contributed by atoms with Crippen LogP contribution in [0.4, 0.5) is 0 Å². The predicted molar refractivity (Wildman–Crippen MR) is 39.9 cm³/mol. The van der Waals surface area contributed by atoms with Gasteiger partial charge in [-0.2, -0.15) is 0 Å². The van der Waals surface area contributed by atoms with Crippen LogP contribution in [0.2, 0.25) is 0 Å². The Morgan fingerprint density at radius 3 is 2.27 bits per heavy atom. The largest absolute Gasteiger partial charge is 0.368 e. The quantitative estimate of drug-likeness (QED) is 0.599. The van der Waals surface area contributed by atoms with E-state index in [1.165, 1.54) is 0 Å². The van der Waals surface area contributed by atoms with Crippen molar-refractivity contribution in [3.63, 3.8) is 0 Å². The van der Waals surface area contributed by atoms with Crippen LogP contribution in [0, 0.1) is 5.92 Å². The van der Waals surface area contributed by atoms with E-state index in [2.05, 4.69) is 0 Å². The molecule has 0 atom stereocenters. The molecule has 4 nitrogen and oxygen atoms in total. The molecule has 0 saturated heterocycles. The van der Waals surface area contributed by atoms with Crippen LogP contribution in [0.5, 0.6) is 0 Å². The van der Waals surface area contributed by atoms with Crippen molar-refractivity contribution < 1.29 is 14.3 Å². The minimum absolute atomic E-state index is 0.0220. The molecule has 0 spiro atoms. The van der Waals surface area contributed by atoms with Gasteiger partial charge in [0.15, 0.2) is 5.78 Å². The van der Waals surface area contributed by atoms with E-state index in [4.69, 9.17) is 10.5 Å². The summed E-state index contributed by atoms with van der Waals surface area (Å²) in [5.41, 5.74) is 4.78. The zero-order chi connectivity index (χ0) is 8.85. The van der Waals surface area contributed by atoms with Crippen molar-refractivity contribution in [2.24, 2.45) is 11.7 Å². The van der Waals surface area contributed by atoms with Crippen molar-refractivity contribution in [3.8, 4) is 0 Å². The van der Waals surface area contributed by atoms with Crippen LogP contribution in [0.3, 0.4) is 0 Å². The predicted octanol–water partition coefficient (Wildman–Crippen LogP) is -0.287. The van der Waals surface area contributed by atoms with Gasteiger partial charge in [0.2, 0.25) is 5.91 Å². The van der Waals surface area contributed by atoms with Gasteiger partial charge in [0.1, 0.15) is 13.2 Å². The number of Topliss-reactive ketones (excluding diaryl/α,β-unsaturated/α-hetero) is 1. The summed E-state index contributed by atoms with van der Waals surface area (Å²) < 4.78 is 4.69. The normalized spacial score (nSPS) is 10.1. The van der Waals surface area contributed by atoms with Gasteiger partial charge in [0.25, 0.3) is 0 Å². The molecule has 0 aromatic rings. The Bertz CT molecular complexity index is 154. The Hall–Kier alpha value is -0.900. The first kappa shape index (κ1) is 10.1. The number of hydrogen-bond acceptors (Lipinski definition) is 3. The number of rotatable bonds is 5. The Morgan fingerprint density at radius 2 is 1.91 bits per heavy atom. The van der Waals surface area contributed by atoms with E-state index in [9.17, 15) is 9.59 Å². The highest BCUT2D eigenvalue weighted by Gasteiger charge is 2.06. The summed E-state index contributed by atoms with van der Waals surface area (Å²) in [6.45, 7) is 3.34. The van der Waals surface area contributed by atoms with Crippen LogP contribution < -0.4 is 5.73 Å². The summed E-state index contributed by atoms with van der Waals surface area (Å²) in [5, 5.41) is 0. The summed E-state index contributed by atoms with van der Waals surface area (Å²) in [7, 11) is 0. The number of amides is 1. The van der Waals surface area contributed by atoms with Gasteiger partial charge in [0.05, 0.1) is 0 Å². The lowest BCUT2D eigenvalue weighted by molar-refractivity contribution is -0.130. The number of carbonyl (C=O) groups excluding carboxylic acids is 2. The highest BCUT2D eigenvalue weighted by atomic mass is 16.5. The first-order valence-electron chi connectivity index (χ1n) is 3.42. The second-order valence-corrected chi connectivity index (χ2v) is 2.58. The molecule has 11 heavy (non-hydrogen) atoms. The van der Waals surface area contributed by atoms with Gasteiger partial charge in [-0.15, -0.1) is 0 Å². The van der Waals surface area contributed by atoms with Crippen LogP contribution in [-0.2, 0) is 14.3 Å². The van der Waals surface area contributed by atoms with E-state index < -0.39 is 5.91 Å². The zero-order valence-corrected chi connectivity index (χ0v) is 6.79. The van der Waals surface area contributed by atoms with Gasteiger partial charge >= 0.3 is 0 Å². The Kier molecular flexibility index (Phi) is 4.45. The van der Waals surface area contributed by atoms with Crippen LogP contribution in [-0.4, -0.2) is 24.9 Å². The van der Waals surface area contributed by atoms with Gasteiger partial charge in [-0.3, -0.25) is 9.59 Å². The average molecular weight is 159 g/mol. The minimum Gasteiger partial charge on any atom is -0.368 e. The fourth-order valence-electron chi connectivity index (χ4n) is 0.419. The van der Waals surface area contributed by atoms with Crippen molar-refractivity contribution in [2.45, 2.75) is 13.8 Å². The molecule has 0 aromatic carbocycles. The molecule has 0 heterocycles. The molecule has 0 aliphatic heterocycles. The standard InChI is InChI=1S/C7H13NO3/c1-5(2)6(9)3-11-4-7(8)10/h5H,3-4H2,1-2H3,(H2,8,10). The summed E-state index contributed by atoms with van der Waals surface area (Å²) in [5.74, 6) is -0.629. The maximum absolute atomic E-state index is 10.8. The molecule has 0 saturated carbocycles. The number of nitrogens with two attached hydrogens (primary N) is 1. The average Bonchev–Trinajstić information content (AvgIpc) is 1.86. The second kappa shape index (κ2) is 4.85. The molecule has 0 unspecified atom stereocenters. The van der Waals surface area contributed by atoms with Crippen molar-refractivity contribution in [3.05, 3.63) is 0 Å². The lowest BCUT2D eigenvalue weighted by Crippen LogP contribution is -2.22. The molecule has 4 heteroatoms. The third-order valence-electron chi connectivity index (χ3n) is 1.13. The van der Waals surface area contributed by atoms with Crippen LogP contribution in [0.25, 0.3) is 0 Å². The fourth-order valence-corrected chi connectivity index (χ4v) is 0.419. The molecule has 0 bridgehead atoms. The Morgan fingerprint density at radius 1 is 1.36 bits per heavy atom.